The number of hydrogen-bond acceptors (Lipinski definition) is 4. The maximum absolute atomic E-state index is 13.6. The SMILES string of the molecule is Cn1cc(C(NCC(O)c2ccncc2)c2cccc(F)c2)cn1. The first kappa shape index (κ1) is 16.3. The second-order valence-electron chi connectivity index (χ2n) is 5.64. The number of nitrogens with zero attached hydrogens (tertiary/aromatic N) is 3. The van der Waals surface area contributed by atoms with Gasteiger partial charge in [0, 0.05) is 37.7 Å². The Morgan fingerprint density at radius 3 is 2.62 bits per heavy atom. The molecule has 124 valence electrons. The smallest absolute Gasteiger partial charge is 0.123 e. The van der Waals surface area contributed by atoms with Crippen molar-refractivity contribution in [3.63, 3.8) is 0 Å². The van der Waals surface area contributed by atoms with Gasteiger partial charge in [0.25, 0.3) is 0 Å². The van der Waals surface area contributed by atoms with Crippen molar-refractivity contribution in [1.29, 1.82) is 0 Å². The molecule has 3 aromatic rings. The molecule has 0 aliphatic carbocycles. The van der Waals surface area contributed by atoms with Crippen LogP contribution in [0.5, 0.6) is 0 Å². The third-order valence-corrected chi connectivity index (χ3v) is 3.85. The van der Waals surface area contributed by atoms with Crippen molar-refractivity contribution in [3.05, 3.63) is 83.7 Å². The van der Waals surface area contributed by atoms with Gasteiger partial charge in [0.2, 0.25) is 0 Å². The van der Waals surface area contributed by atoms with Crippen LogP contribution in [0, 0.1) is 5.82 Å². The summed E-state index contributed by atoms with van der Waals surface area (Å²) in [4.78, 5) is 3.95. The summed E-state index contributed by atoms with van der Waals surface area (Å²) in [7, 11) is 1.83. The highest BCUT2D eigenvalue weighted by atomic mass is 19.1. The molecule has 1 aromatic carbocycles. The zero-order valence-electron chi connectivity index (χ0n) is 13.3. The largest absolute Gasteiger partial charge is 0.387 e. The van der Waals surface area contributed by atoms with Gasteiger partial charge in [0.05, 0.1) is 18.3 Å². The number of aliphatic hydroxyl groups excluding tert-OH is 1. The molecule has 0 saturated carbocycles. The van der Waals surface area contributed by atoms with E-state index in [0.717, 1.165) is 16.7 Å². The second kappa shape index (κ2) is 7.33. The van der Waals surface area contributed by atoms with Gasteiger partial charge in [-0.3, -0.25) is 9.67 Å². The number of aromatic nitrogens is 3. The van der Waals surface area contributed by atoms with Crippen molar-refractivity contribution in [2.75, 3.05) is 6.54 Å². The van der Waals surface area contributed by atoms with Gasteiger partial charge in [-0.2, -0.15) is 5.10 Å². The van der Waals surface area contributed by atoms with E-state index in [4.69, 9.17) is 0 Å². The molecule has 0 radical (unpaired) electrons. The Morgan fingerprint density at radius 2 is 1.96 bits per heavy atom. The van der Waals surface area contributed by atoms with Crippen LogP contribution in [-0.2, 0) is 7.05 Å². The second-order valence-corrected chi connectivity index (χ2v) is 5.64. The predicted molar refractivity (Wildman–Crippen MR) is 88.7 cm³/mol. The highest BCUT2D eigenvalue weighted by Gasteiger charge is 2.18. The molecule has 2 aromatic heterocycles. The minimum atomic E-state index is -0.680. The number of aryl methyl sites for hydroxylation is 1. The minimum Gasteiger partial charge on any atom is -0.387 e. The van der Waals surface area contributed by atoms with E-state index in [1.165, 1.54) is 12.1 Å². The Balaban J connectivity index is 1.80. The lowest BCUT2D eigenvalue weighted by molar-refractivity contribution is 0.172. The number of halogens is 1. The molecule has 0 fully saturated rings. The minimum absolute atomic E-state index is 0.258. The summed E-state index contributed by atoms with van der Waals surface area (Å²) in [5.74, 6) is -0.294. The third kappa shape index (κ3) is 3.84. The molecule has 2 unspecified atom stereocenters. The van der Waals surface area contributed by atoms with Crippen molar-refractivity contribution in [3.8, 4) is 0 Å². The summed E-state index contributed by atoms with van der Waals surface area (Å²) in [5.41, 5.74) is 2.47. The van der Waals surface area contributed by atoms with Crippen LogP contribution < -0.4 is 5.32 Å². The van der Waals surface area contributed by atoms with Crippen molar-refractivity contribution >= 4 is 0 Å². The predicted octanol–water partition coefficient (Wildman–Crippen LogP) is 2.37. The molecule has 0 saturated heterocycles. The average Bonchev–Trinajstić information content (AvgIpc) is 3.02. The van der Waals surface area contributed by atoms with Gasteiger partial charge in [-0.1, -0.05) is 12.1 Å². The molecule has 0 spiro atoms. The molecule has 2 heterocycles. The number of nitrogens with one attached hydrogen (secondary N) is 1. The third-order valence-electron chi connectivity index (χ3n) is 3.85. The summed E-state index contributed by atoms with van der Waals surface area (Å²) >= 11 is 0. The van der Waals surface area contributed by atoms with Crippen LogP contribution in [0.2, 0.25) is 0 Å². The van der Waals surface area contributed by atoms with Gasteiger partial charge >= 0.3 is 0 Å². The van der Waals surface area contributed by atoms with Gasteiger partial charge in [-0.25, -0.2) is 4.39 Å². The van der Waals surface area contributed by atoms with Gasteiger partial charge in [-0.15, -0.1) is 0 Å². The van der Waals surface area contributed by atoms with Crippen LogP contribution in [0.1, 0.15) is 28.8 Å². The van der Waals surface area contributed by atoms with Crippen LogP contribution in [0.25, 0.3) is 0 Å². The summed E-state index contributed by atoms with van der Waals surface area (Å²) in [5, 5.41) is 17.8. The lowest BCUT2D eigenvalue weighted by atomic mass is 10.0. The standard InChI is InChI=1S/C18H19FN4O/c1-23-12-15(10-22-23)18(14-3-2-4-16(19)9-14)21-11-17(24)13-5-7-20-8-6-13/h2-10,12,17-18,21,24H,11H2,1H3. The van der Waals surface area contributed by atoms with E-state index >= 15 is 0 Å². The number of pyridine rings is 1. The monoisotopic (exact) mass is 326 g/mol. The lowest BCUT2D eigenvalue weighted by Crippen LogP contribution is -2.27. The highest BCUT2D eigenvalue weighted by molar-refractivity contribution is 5.29. The van der Waals surface area contributed by atoms with Crippen LogP contribution >= 0.6 is 0 Å². The number of aliphatic hydroxyl groups is 1. The van der Waals surface area contributed by atoms with E-state index in [1.807, 2.05) is 19.3 Å². The fourth-order valence-corrected chi connectivity index (χ4v) is 2.64. The zero-order valence-corrected chi connectivity index (χ0v) is 13.3. The van der Waals surface area contributed by atoms with E-state index < -0.39 is 6.10 Å². The molecular formula is C18H19FN4O. The zero-order chi connectivity index (χ0) is 16.9. The topological polar surface area (TPSA) is 63.0 Å². The van der Waals surface area contributed by atoms with Gasteiger partial charge < -0.3 is 10.4 Å². The molecule has 24 heavy (non-hydrogen) atoms. The number of hydrogen-bond donors (Lipinski definition) is 2. The van der Waals surface area contributed by atoms with Crippen molar-refractivity contribution < 1.29 is 9.50 Å². The molecule has 0 bridgehead atoms. The van der Waals surface area contributed by atoms with Crippen molar-refractivity contribution in [2.45, 2.75) is 12.1 Å². The normalized spacial score (nSPS) is 13.6. The molecule has 0 amide bonds. The van der Waals surface area contributed by atoms with E-state index in [-0.39, 0.29) is 11.9 Å². The fourth-order valence-electron chi connectivity index (χ4n) is 2.64. The first-order valence-electron chi connectivity index (χ1n) is 7.69. The molecule has 5 nitrogen and oxygen atoms in total. The first-order chi connectivity index (χ1) is 11.6. The highest BCUT2D eigenvalue weighted by Crippen LogP contribution is 2.23. The summed E-state index contributed by atoms with van der Waals surface area (Å²) < 4.78 is 15.3. The molecule has 2 atom stereocenters. The van der Waals surface area contributed by atoms with E-state index in [1.54, 1.807) is 41.5 Å². The Hall–Kier alpha value is -2.57. The number of benzene rings is 1. The maximum atomic E-state index is 13.6. The Morgan fingerprint density at radius 1 is 1.17 bits per heavy atom. The Bertz CT molecular complexity index is 790. The Labute approximate surface area is 139 Å². The van der Waals surface area contributed by atoms with E-state index in [2.05, 4.69) is 15.4 Å². The molecule has 6 heteroatoms. The van der Waals surface area contributed by atoms with Crippen LogP contribution in [0.4, 0.5) is 4.39 Å². The van der Waals surface area contributed by atoms with Crippen LogP contribution in [0.15, 0.2) is 61.2 Å². The maximum Gasteiger partial charge on any atom is 0.123 e. The fraction of sp³-hybridized carbons (Fsp3) is 0.222. The van der Waals surface area contributed by atoms with Crippen molar-refractivity contribution in [1.82, 2.24) is 20.1 Å². The summed E-state index contributed by atoms with van der Waals surface area (Å²) in [6.07, 6.45) is 6.22. The molecule has 2 N–H and O–H groups in total. The quantitative estimate of drug-likeness (QED) is 0.730. The summed E-state index contributed by atoms with van der Waals surface area (Å²) in [6.45, 7) is 0.320. The van der Waals surface area contributed by atoms with E-state index in [0.29, 0.717) is 6.54 Å². The van der Waals surface area contributed by atoms with Crippen molar-refractivity contribution in [2.24, 2.45) is 7.05 Å². The molecule has 0 aliphatic rings. The van der Waals surface area contributed by atoms with Crippen LogP contribution in [0.3, 0.4) is 0 Å². The van der Waals surface area contributed by atoms with Gasteiger partial charge in [0.1, 0.15) is 5.82 Å². The van der Waals surface area contributed by atoms with Gasteiger partial charge in [-0.05, 0) is 35.4 Å². The Kier molecular flexibility index (Phi) is 4.98. The average molecular weight is 326 g/mol. The molecule has 0 aliphatic heterocycles. The van der Waals surface area contributed by atoms with Gasteiger partial charge in [0.15, 0.2) is 0 Å². The molecular weight excluding hydrogens is 307 g/mol. The summed E-state index contributed by atoms with van der Waals surface area (Å²) in [6, 6.07) is 9.72. The first-order valence-corrected chi connectivity index (χ1v) is 7.69. The number of rotatable bonds is 6. The van der Waals surface area contributed by atoms with E-state index in [9.17, 15) is 9.50 Å². The molecule has 3 rings (SSSR count). The van der Waals surface area contributed by atoms with Crippen LogP contribution in [-0.4, -0.2) is 26.4 Å². The lowest BCUT2D eigenvalue weighted by Gasteiger charge is -2.20.